The number of aromatic amines is 1. The SMILES string of the molecule is COc1ccc(Nc2nc(-c3ccc4cn[nH]c4c3)cn3ncnc23)cc1OC. The number of rotatable bonds is 5. The first-order valence-corrected chi connectivity index (χ1v) is 8.88. The molecule has 0 amide bonds. The molecule has 0 fully saturated rings. The number of nitrogens with one attached hydrogen (secondary N) is 2. The van der Waals surface area contributed by atoms with Crippen molar-refractivity contribution in [1.82, 2.24) is 29.8 Å². The third-order valence-corrected chi connectivity index (χ3v) is 4.65. The van der Waals surface area contributed by atoms with Crippen LogP contribution in [0.5, 0.6) is 11.5 Å². The molecule has 0 spiro atoms. The lowest BCUT2D eigenvalue weighted by molar-refractivity contribution is 0.355. The summed E-state index contributed by atoms with van der Waals surface area (Å²) in [7, 11) is 3.20. The number of fused-ring (bicyclic) bond motifs is 2. The van der Waals surface area contributed by atoms with Crippen molar-refractivity contribution >= 4 is 28.1 Å². The number of H-pyrrole nitrogens is 1. The van der Waals surface area contributed by atoms with Crippen molar-refractivity contribution in [2.75, 3.05) is 19.5 Å². The molecule has 0 aliphatic heterocycles. The van der Waals surface area contributed by atoms with Crippen molar-refractivity contribution in [3.63, 3.8) is 0 Å². The average molecular weight is 387 g/mol. The van der Waals surface area contributed by atoms with Gasteiger partial charge in [0.05, 0.1) is 37.8 Å². The number of anilines is 2. The minimum absolute atomic E-state index is 0.580. The number of hydrogen-bond acceptors (Lipinski definition) is 7. The van der Waals surface area contributed by atoms with E-state index in [2.05, 4.69) is 25.6 Å². The van der Waals surface area contributed by atoms with Crippen molar-refractivity contribution in [2.45, 2.75) is 0 Å². The molecule has 5 rings (SSSR count). The molecule has 144 valence electrons. The summed E-state index contributed by atoms with van der Waals surface area (Å²) in [6, 6.07) is 11.6. The Morgan fingerprint density at radius 1 is 1.03 bits per heavy atom. The van der Waals surface area contributed by atoms with Gasteiger partial charge in [0.25, 0.3) is 0 Å². The highest BCUT2D eigenvalue weighted by molar-refractivity contribution is 5.83. The van der Waals surface area contributed by atoms with E-state index in [1.54, 1.807) is 24.9 Å². The fraction of sp³-hybridized carbons (Fsp3) is 0.100. The van der Waals surface area contributed by atoms with E-state index < -0.39 is 0 Å². The Labute approximate surface area is 165 Å². The Balaban J connectivity index is 1.59. The zero-order valence-corrected chi connectivity index (χ0v) is 15.7. The molecule has 0 aliphatic rings. The molecule has 3 heterocycles. The smallest absolute Gasteiger partial charge is 0.198 e. The van der Waals surface area contributed by atoms with Crippen LogP contribution in [0.3, 0.4) is 0 Å². The van der Waals surface area contributed by atoms with Gasteiger partial charge in [0.15, 0.2) is 23.0 Å². The third kappa shape index (κ3) is 2.98. The Kier molecular flexibility index (Phi) is 3.98. The fourth-order valence-corrected chi connectivity index (χ4v) is 3.20. The summed E-state index contributed by atoms with van der Waals surface area (Å²) >= 11 is 0. The van der Waals surface area contributed by atoms with Gasteiger partial charge in [0.2, 0.25) is 0 Å². The van der Waals surface area contributed by atoms with Crippen LogP contribution in [-0.4, -0.2) is 44.0 Å². The summed E-state index contributed by atoms with van der Waals surface area (Å²) in [5, 5.41) is 15.7. The van der Waals surface area contributed by atoms with E-state index >= 15 is 0 Å². The molecule has 0 radical (unpaired) electrons. The summed E-state index contributed by atoms with van der Waals surface area (Å²) in [6.07, 6.45) is 5.13. The van der Waals surface area contributed by atoms with Crippen LogP contribution < -0.4 is 14.8 Å². The van der Waals surface area contributed by atoms with E-state index in [9.17, 15) is 0 Å². The van der Waals surface area contributed by atoms with Gasteiger partial charge in [-0.05, 0) is 18.2 Å². The summed E-state index contributed by atoms with van der Waals surface area (Å²) in [6.45, 7) is 0. The topological polar surface area (TPSA) is 102 Å². The molecule has 0 aliphatic carbocycles. The average Bonchev–Trinajstić information content (AvgIpc) is 3.42. The highest BCUT2D eigenvalue weighted by atomic mass is 16.5. The van der Waals surface area contributed by atoms with Crippen LogP contribution in [0.1, 0.15) is 0 Å². The van der Waals surface area contributed by atoms with Gasteiger partial charge in [-0.2, -0.15) is 10.2 Å². The van der Waals surface area contributed by atoms with Crippen LogP contribution in [0.25, 0.3) is 27.8 Å². The second kappa shape index (κ2) is 6.79. The van der Waals surface area contributed by atoms with Crippen LogP contribution in [0.4, 0.5) is 11.5 Å². The molecule has 9 heteroatoms. The maximum atomic E-state index is 5.39. The summed E-state index contributed by atoms with van der Waals surface area (Å²) in [5.41, 5.74) is 4.04. The molecular formula is C20H17N7O2. The lowest BCUT2D eigenvalue weighted by Gasteiger charge is -2.12. The van der Waals surface area contributed by atoms with Crippen LogP contribution in [0, 0.1) is 0 Å². The molecule has 9 nitrogen and oxygen atoms in total. The maximum absolute atomic E-state index is 5.39. The van der Waals surface area contributed by atoms with E-state index in [0.717, 1.165) is 27.8 Å². The minimum atomic E-state index is 0.580. The Bertz CT molecular complexity index is 1330. The lowest BCUT2D eigenvalue weighted by atomic mass is 10.1. The predicted octanol–water partition coefficient (Wildman–Crippen LogP) is 3.43. The van der Waals surface area contributed by atoms with Gasteiger partial charge in [0, 0.05) is 22.7 Å². The van der Waals surface area contributed by atoms with E-state index in [0.29, 0.717) is 23.0 Å². The normalized spacial score (nSPS) is 11.1. The second-order valence-electron chi connectivity index (χ2n) is 6.37. The summed E-state index contributed by atoms with van der Waals surface area (Å²) in [4.78, 5) is 9.11. The lowest BCUT2D eigenvalue weighted by Crippen LogP contribution is -2.02. The molecule has 0 unspecified atom stereocenters. The van der Waals surface area contributed by atoms with Gasteiger partial charge >= 0.3 is 0 Å². The molecule has 2 aromatic carbocycles. The largest absolute Gasteiger partial charge is 0.493 e. The quantitative estimate of drug-likeness (QED) is 0.476. The van der Waals surface area contributed by atoms with E-state index in [1.807, 2.05) is 42.6 Å². The standard InChI is InChI=1S/C20H17N7O2/c1-28-17-6-5-14(8-18(17)29-2)24-19-20-21-11-23-27(20)10-16(25-19)12-3-4-13-9-22-26-15(13)7-12/h3-11H,1-2H3,(H,22,26)(H,24,25). The van der Waals surface area contributed by atoms with Crippen LogP contribution >= 0.6 is 0 Å². The highest BCUT2D eigenvalue weighted by Gasteiger charge is 2.12. The van der Waals surface area contributed by atoms with Crippen molar-refractivity contribution in [3.05, 3.63) is 55.1 Å². The highest BCUT2D eigenvalue weighted by Crippen LogP contribution is 2.32. The predicted molar refractivity (Wildman–Crippen MR) is 109 cm³/mol. The van der Waals surface area contributed by atoms with Crippen LogP contribution in [0.15, 0.2) is 55.1 Å². The van der Waals surface area contributed by atoms with E-state index in [1.165, 1.54) is 6.33 Å². The number of hydrogen-bond donors (Lipinski definition) is 2. The Morgan fingerprint density at radius 3 is 2.79 bits per heavy atom. The number of aromatic nitrogens is 6. The maximum Gasteiger partial charge on any atom is 0.198 e. The molecule has 29 heavy (non-hydrogen) atoms. The Morgan fingerprint density at radius 2 is 1.93 bits per heavy atom. The van der Waals surface area contributed by atoms with Crippen molar-refractivity contribution in [3.8, 4) is 22.8 Å². The molecule has 0 saturated carbocycles. The number of ether oxygens (including phenoxy) is 2. The third-order valence-electron chi connectivity index (χ3n) is 4.65. The molecule has 0 atom stereocenters. The first-order chi connectivity index (χ1) is 14.2. The van der Waals surface area contributed by atoms with Gasteiger partial charge in [-0.15, -0.1) is 0 Å². The van der Waals surface area contributed by atoms with Crippen LogP contribution in [-0.2, 0) is 0 Å². The van der Waals surface area contributed by atoms with E-state index in [-0.39, 0.29) is 0 Å². The molecule has 2 N–H and O–H groups in total. The second-order valence-corrected chi connectivity index (χ2v) is 6.37. The van der Waals surface area contributed by atoms with Gasteiger partial charge in [0.1, 0.15) is 6.33 Å². The summed E-state index contributed by atoms with van der Waals surface area (Å²) < 4.78 is 12.4. The molecular weight excluding hydrogens is 370 g/mol. The number of methoxy groups -OCH3 is 2. The van der Waals surface area contributed by atoms with Gasteiger partial charge in [-0.1, -0.05) is 12.1 Å². The molecule has 0 saturated heterocycles. The molecule has 3 aromatic heterocycles. The zero-order valence-electron chi connectivity index (χ0n) is 15.7. The Hall–Kier alpha value is -4.14. The number of benzene rings is 2. The van der Waals surface area contributed by atoms with Gasteiger partial charge < -0.3 is 14.8 Å². The first-order valence-electron chi connectivity index (χ1n) is 8.88. The van der Waals surface area contributed by atoms with Crippen molar-refractivity contribution < 1.29 is 9.47 Å². The summed E-state index contributed by atoms with van der Waals surface area (Å²) in [5.74, 6) is 1.85. The molecule has 5 aromatic rings. The molecule has 0 bridgehead atoms. The van der Waals surface area contributed by atoms with Crippen LogP contribution in [0.2, 0.25) is 0 Å². The first kappa shape index (κ1) is 17.0. The van der Waals surface area contributed by atoms with Gasteiger partial charge in [-0.3, -0.25) is 5.10 Å². The van der Waals surface area contributed by atoms with E-state index in [4.69, 9.17) is 14.5 Å². The monoisotopic (exact) mass is 387 g/mol. The minimum Gasteiger partial charge on any atom is -0.493 e. The zero-order chi connectivity index (χ0) is 19.8. The van der Waals surface area contributed by atoms with Gasteiger partial charge in [-0.25, -0.2) is 14.5 Å². The fourth-order valence-electron chi connectivity index (χ4n) is 3.20. The van der Waals surface area contributed by atoms with Crippen molar-refractivity contribution in [2.24, 2.45) is 0 Å². The number of nitrogens with zero attached hydrogens (tertiary/aromatic N) is 5. The van der Waals surface area contributed by atoms with Crippen molar-refractivity contribution in [1.29, 1.82) is 0 Å².